The fourth-order valence-electron chi connectivity index (χ4n) is 2.66. The van der Waals surface area contributed by atoms with E-state index in [-0.39, 0.29) is 16.9 Å². The highest BCUT2D eigenvalue weighted by molar-refractivity contribution is 5.93. The Labute approximate surface area is 119 Å². The minimum Gasteiger partial charge on any atom is -0.367 e. The first-order chi connectivity index (χ1) is 9.68. The van der Waals surface area contributed by atoms with Crippen molar-refractivity contribution < 1.29 is 4.79 Å². The van der Waals surface area contributed by atoms with Crippen molar-refractivity contribution in [3.63, 3.8) is 0 Å². The Kier molecular flexibility index (Phi) is 5.35. The molecule has 5 nitrogen and oxygen atoms in total. The lowest BCUT2D eigenvalue weighted by atomic mass is 10.0. The van der Waals surface area contributed by atoms with Crippen LogP contribution in [0, 0.1) is 0 Å². The number of hydrogen-bond acceptors (Lipinski definition) is 3. The monoisotopic (exact) mass is 277 g/mol. The second-order valence-electron chi connectivity index (χ2n) is 5.41. The highest BCUT2D eigenvalue weighted by Gasteiger charge is 2.17. The number of aromatic nitrogens is 1. The van der Waals surface area contributed by atoms with Gasteiger partial charge in [0.15, 0.2) is 5.43 Å². The molecule has 2 heterocycles. The molecular formula is C15H23N3O2. The van der Waals surface area contributed by atoms with Gasteiger partial charge < -0.3 is 15.2 Å². The van der Waals surface area contributed by atoms with Crippen molar-refractivity contribution in [2.45, 2.75) is 38.6 Å². The fourth-order valence-corrected chi connectivity index (χ4v) is 2.66. The topological polar surface area (TPSA) is 65.2 Å². The lowest BCUT2D eigenvalue weighted by Gasteiger charge is -2.33. The van der Waals surface area contributed by atoms with Crippen LogP contribution in [-0.4, -0.2) is 41.5 Å². The highest BCUT2D eigenvalue weighted by Crippen LogP contribution is 2.15. The number of nitrogens with one attached hydrogen (secondary N) is 2. The number of rotatable bonds is 5. The number of hydrogen-bond donors (Lipinski definition) is 2. The number of likely N-dealkylation sites (tertiary alicyclic amines) is 1. The standard InChI is InChI=1S/C15H23N3O2/c1-12-5-2-3-9-18(12)10-4-7-17-15(20)13-11-16-8-6-14(13)19/h6,8,11-12H,2-5,7,9-10H2,1H3,(H,16,19)(H,17,20). The van der Waals surface area contributed by atoms with Crippen LogP contribution in [-0.2, 0) is 0 Å². The minimum atomic E-state index is -0.293. The summed E-state index contributed by atoms with van der Waals surface area (Å²) in [6, 6.07) is 2.01. The molecule has 110 valence electrons. The zero-order valence-electron chi connectivity index (χ0n) is 12.0. The van der Waals surface area contributed by atoms with E-state index in [0.717, 1.165) is 19.5 Å². The largest absolute Gasteiger partial charge is 0.367 e. The predicted molar refractivity (Wildman–Crippen MR) is 78.9 cm³/mol. The number of H-pyrrole nitrogens is 1. The van der Waals surface area contributed by atoms with Crippen LogP contribution in [0.1, 0.15) is 43.0 Å². The van der Waals surface area contributed by atoms with Crippen molar-refractivity contribution in [2.24, 2.45) is 0 Å². The summed E-state index contributed by atoms with van der Waals surface area (Å²) in [6.45, 7) is 5.04. The van der Waals surface area contributed by atoms with Gasteiger partial charge in [-0.1, -0.05) is 6.42 Å². The third-order valence-electron chi connectivity index (χ3n) is 3.92. The van der Waals surface area contributed by atoms with Crippen LogP contribution in [0.2, 0.25) is 0 Å². The van der Waals surface area contributed by atoms with Crippen LogP contribution in [0.5, 0.6) is 0 Å². The van der Waals surface area contributed by atoms with Crippen LogP contribution < -0.4 is 10.7 Å². The highest BCUT2D eigenvalue weighted by atomic mass is 16.2. The number of amides is 1. The van der Waals surface area contributed by atoms with E-state index in [0.29, 0.717) is 12.6 Å². The summed E-state index contributed by atoms with van der Waals surface area (Å²) < 4.78 is 0. The van der Waals surface area contributed by atoms with Gasteiger partial charge in [-0.25, -0.2) is 0 Å². The summed E-state index contributed by atoms with van der Waals surface area (Å²) in [5, 5.41) is 2.81. The van der Waals surface area contributed by atoms with E-state index >= 15 is 0 Å². The predicted octanol–water partition coefficient (Wildman–Crippen LogP) is 1.37. The van der Waals surface area contributed by atoms with E-state index in [2.05, 4.69) is 22.1 Å². The normalized spacial score (nSPS) is 19.8. The molecule has 0 aromatic carbocycles. The third-order valence-corrected chi connectivity index (χ3v) is 3.92. The Morgan fingerprint density at radius 1 is 1.50 bits per heavy atom. The maximum absolute atomic E-state index is 11.8. The van der Waals surface area contributed by atoms with Crippen molar-refractivity contribution in [2.75, 3.05) is 19.6 Å². The summed E-state index contributed by atoms with van der Waals surface area (Å²) in [4.78, 5) is 28.6. The molecule has 1 aromatic heterocycles. The van der Waals surface area contributed by atoms with Gasteiger partial charge in [0.25, 0.3) is 5.91 Å². The lowest BCUT2D eigenvalue weighted by Crippen LogP contribution is -2.39. The molecule has 0 radical (unpaired) electrons. The van der Waals surface area contributed by atoms with Crippen LogP contribution >= 0.6 is 0 Å². The van der Waals surface area contributed by atoms with Gasteiger partial charge in [0.1, 0.15) is 5.56 Å². The average molecular weight is 277 g/mol. The van der Waals surface area contributed by atoms with E-state index in [1.54, 1.807) is 0 Å². The molecule has 1 atom stereocenters. The average Bonchev–Trinajstić information content (AvgIpc) is 2.45. The lowest BCUT2D eigenvalue weighted by molar-refractivity contribution is 0.0947. The molecule has 1 amide bonds. The molecule has 2 N–H and O–H groups in total. The second-order valence-corrected chi connectivity index (χ2v) is 5.41. The van der Waals surface area contributed by atoms with Crippen molar-refractivity contribution in [3.05, 3.63) is 34.2 Å². The summed E-state index contributed by atoms with van der Waals surface area (Å²) in [6.07, 6.45) is 7.76. The summed E-state index contributed by atoms with van der Waals surface area (Å²) in [5.74, 6) is -0.293. The summed E-state index contributed by atoms with van der Waals surface area (Å²) >= 11 is 0. The van der Waals surface area contributed by atoms with Crippen LogP contribution in [0.15, 0.2) is 23.3 Å². The second kappa shape index (κ2) is 7.24. The van der Waals surface area contributed by atoms with E-state index < -0.39 is 0 Å². The number of nitrogens with zero attached hydrogens (tertiary/aromatic N) is 1. The molecule has 0 saturated carbocycles. The molecule has 1 unspecified atom stereocenters. The molecule has 1 aromatic rings. The van der Waals surface area contributed by atoms with Gasteiger partial charge in [0.05, 0.1) is 0 Å². The SMILES string of the molecule is CC1CCCCN1CCCNC(=O)c1c[nH]ccc1=O. The molecule has 2 rings (SSSR count). The number of pyridine rings is 1. The molecule has 0 aliphatic carbocycles. The first-order valence-corrected chi connectivity index (χ1v) is 7.38. The molecular weight excluding hydrogens is 254 g/mol. The Balaban J connectivity index is 1.72. The smallest absolute Gasteiger partial charge is 0.256 e. The minimum absolute atomic E-state index is 0.179. The first-order valence-electron chi connectivity index (χ1n) is 7.38. The van der Waals surface area contributed by atoms with Gasteiger partial charge in [-0.2, -0.15) is 0 Å². The third kappa shape index (κ3) is 3.93. The van der Waals surface area contributed by atoms with Crippen molar-refractivity contribution in [1.82, 2.24) is 15.2 Å². The Morgan fingerprint density at radius 3 is 3.10 bits per heavy atom. The van der Waals surface area contributed by atoms with Crippen LogP contribution in [0.4, 0.5) is 0 Å². The maximum atomic E-state index is 11.8. The first kappa shape index (κ1) is 14.8. The van der Waals surface area contributed by atoms with Gasteiger partial charge in [-0.05, 0) is 32.7 Å². The molecule has 1 fully saturated rings. The zero-order chi connectivity index (χ0) is 14.4. The Morgan fingerprint density at radius 2 is 2.35 bits per heavy atom. The zero-order valence-corrected chi connectivity index (χ0v) is 12.0. The maximum Gasteiger partial charge on any atom is 0.256 e. The number of aromatic amines is 1. The molecule has 5 heteroatoms. The molecule has 0 bridgehead atoms. The van der Waals surface area contributed by atoms with Gasteiger partial charge in [-0.3, -0.25) is 9.59 Å². The number of carbonyl (C=O) groups is 1. The van der Waals surface area contributed by atoms with Crippen molar-refractivity contribution >= 4 is 5.91 Å². The molecule has 1 saturated heterocycles. The van der Waals surface area contributed by atoms with E-state index in [1.807, 2.05) is 0 Å². The van der Waals surface area contributed by atoms with Gasteiger partial charge in [0.2, 0.25) is 0 Å². The van der Waals surface area contributed by atoms with Crippen molar-refractivity contribution in [3.8, 4) is 0 Å². The Bertz CT molecular complexity index is 498. The van der Waals surface area contributed by atoms with Gasteiger partial charge in [-0.15, -0.1) is 0 Å². The van der Waals surface area contributed by atoms with Gasteiger partial charge >= 0.3 is 0 Å². The van der Waals surface area contributed by atoms with Crippen molar-refractivity contribution in [1.29, 1.82) is 0 Å². The number of carbonyl (C=O) groups excluding carboxylic acids is 1. The molecule has 1 aliphatic heterocycles. The Hall–Kier alpha value is -1.62. The quantitative estimate of drug-likeness (QED) is 0.799. The van der Waals surface area contributed by atoms with E-state index in [1.165, 1.54) is 37.7 Å². The number of piperidine rings is 1. The van der Waals surface area contributed by atoms with E-state index in [9.17, 15) is 9.59 Å². The molecule has 20 heavy (non-hydrogen) atoms. The van der Waals surface area contributed by atoms with Crippen LogP contribution in [0.25, 0.3) is 0 Å². The summed E-state index contributed by atoms with van der Waals surface area (Å²) in [7, 11) is 0. The summed E-state index contributed by atoms with van der Waals surface area (Å²) in [5.41, 5.74) is -0.0651. The van der Waals surface area contributed by atoms with Crippen LogP contribution in [0.3, 0.4) is 0 Å². The molecule has 0 spiro atoms. The van der Waals surface area contributed by atoms with E-state index in [4.69, 9.17) is 0 Å². The molecule has 1 aliphatic rings. The fraction of sp³-hybridized carbons (Fsp3) is 0.600. The van der Waals surface area contributed by atoms with Gasteiger partial charge in [0, 0.05) is 37.6 Å².